The summed E-state index contributed by atoms with van der Waals surface area (Å²) in [5, 5.41) is 24.0. The largest absolute Gasteiger partial charge is 0.388 e. The Morgan fingerprint density at radius 2 is 2.25 bits per heavy atom. The molecule has 4 nitrogen and oxygen atoms in total. The van der Waals surface area contributed by atoms with E-state index in [0.29, 0.717) is 11.4 Å². The van der Waals surface area contributed by atoms with Crippen molar-refractivity contribution in [2.75, 3.05) is 0 Å². The first-order valence-corrected chi connectivity index (χ1v) is 6.75. The van der Waals surface area contributed by atoms with Gasteiger partial charge in [0.15, 0.2) is 0 Å². The average Bonchev–Trinajstić information content (AvgIpc) is 2.84. The zero-order chi connectivity index (χ0) is 14.7. The number of aliphatic hydroxyl groups is 1. The molecule has 2 atom stereocenters. The average molecular weight is 290 g/mol. The van der Waals surface area contributed by atoms with Crippen molar-refractivity contribution in [3.63, 3.8) is 0 Å². The Labute approximate surface area is 123 Å². The molecule has 1 aromatic carbocycles. The van der Waals surface area contributed by atoms with Crippen LogP contribution in [0.3, 0.4) is 0 Å². The van der Waals surface area contributed by atoms with Crippen molar-refractivity contribution in [3.05, 3.63) is 41.2 Å². The normalized spacial score (nSPS) is 13.8. The minimum Gasteiger partial charge on any atom is -0.388 e. The number of hydrogen-bond acceptors (Lipinski definition) is 3. The molecule has 1 aromatic heterocycles. The summed E-state index contributed by atoms with van der Waals surface area (Å²) in [4.78, 5) is 0. The van der Waals surface area contributed by atoms with Crippen molar-refractivity contribution in [3.8, 4) is 17.2 Å². The molecule has 20 heavy (non-hydrogen) atoms. The molecule has 0 spiro atoms. The summed E-state index contributed by atoms with van der Waals surface area (Å²) in [6, 6.07) is 7.50. The van der Waals surface area contributed by atoms with Gasteiger partial charge in [0.2, 0.25) is 0 Å². The third kappa shape index (κ3) is 3.19. The molecule has 0 aliphatic heterocycles. The van der Waals surface area contributed by atoms with Crippen LogP contribution in [-0.2, 0) is 7.05 Å². The molecule has 0 fully saturated rings. The van der Waals surface area contributed by atoms with E-state index in [2.05, 4.69) is 11.2 Å². The van der Waals surface area contributed by atoms with Crippen LogP contribution in [0.5, 0.6) is 0 Å². The summed E-state index contributed by atoms with van der Waals surface area (Å²) in [5.74, 6) is -0.206. The zero-order valence-electron chi connectivity index (χ0n) is 11.4. The van der Waals surface area contributed by atoms with Crippen LogP contribution < -0.4 is 0 Å². The summed E-state index contributed by atoms with van der Waals surface area (Å²) >= 11 is 6.05. The number of aromatic nitrogens is 2. The number of benzene rings is 1. The summed E-state index contributed by atoms with van der Waals surface area (Å²) < 4.78 is 1.70. The van der Waals surface area contributed by atoms with Crippen molar-refractivity contribution < 1.29 is 5.11 Å². The predicted molar refractivity (Wildman–Crippen MR) is 78.0 cm³/mol. The fraction of sp³-hybridized carbons (Fsp3) is 0.333. The van der Waals surface area contributed by atoms with Gasteiger partial charge in [0, 0.05) is 29.7 Å². The van der Waals surface area contributed by atoms with Crippen LogP contribution in [0.25, 0.3) is 11.1 Å². The maximum absolute atomic E-state index is 10.3. The number of aliphatic hydroxyl groups excluding tert-OH is 1. The van der Waals surface area contributed by atoms with Gasteiger partial charge in [-0.2, -0.15) is 10.4 Å². The first kappa shape index (κ1) is 14.6. The highest BCUT2D eigenvalue weighted by molar-refractivity contribution is 6.30. The van der Waals surface area contributed by atoms with Gasteiger partial charge in [0.1, 0.15) is 0 Å². The van der Waals surface area contributed by atoms with Gasteiger partial charge in [-0.25, -0.2) is 0 Å². The van der Waals surface area contributed by atoms with Crippen molar-refractivity contribution >= 4 is 11.6 Å². The van der Waals surface area contributed by atoms with Crippen LogP contribution in [-0.4, -0.2) is 14.9 Å². The number of rotatable bonds is 4. The van der Waals surface area contributed by atoms with Gasteiger partial charge in [-0.05, 0) is 36.6 Å². The molecule has 1 heterocycles. The molecule has 0 unspecified atom stereocenters. The lowest BCUT2D eigenvalue weighted by molar-refractivity contribution is 0.157. The molecule has 0 amide bonds. The standard InChI is InChI=1S/C15H16ClN3O/c1-10(7-17)5-15(20)13-4-3-12(16)6-14(13)11-8-18-19(2)9-11/h3-4,6,8-10,15,20H,5H2,1-2H3/t10-,15-/m0/s1. The molecule has 0 saturated heterocycles. The molecule has 2 rings (SSSR count). The minimum atomic E-state index is -0.697. The van der Waals surface area contributed by atoms with Gasteiger partial charge in [-0.3, -0.25) is 4.68 Å². The van der Waals surface area contributed by atoms with Crippen LogP contribution in [0.4, 0.5) is 0 Å². The molecule has 1 N–H and O–H groups in total. The highest BCUT2D eigenvalue weighted by atomic mass is 35.5. The molecule has 0 bridgehead atoms. The summed E-state index contributed by atoms with van der Waals surface area (Å²) in [5.41, 5.74) is 2.52. The number of nitriles is 1. The van der Waals surface area contributed by atoms with E-state index in [0.717, 1.165) is 16.7 Å². The lowest BCUT2D eigenvalue weighted by atomic mass is 9.93. The lowest BCUT2D eigenvalue weighted by Gasteiger charge is -2.16. The van der Waals surface area contributed by atoms with E-state index in [1.54, 1.807) is 29.9 Å². The third-order valence-corrected chi connectivity index (χ3v) is 3.42. The number of halogens is 1. The van der Waals surface area contributed by atoms with Crippen molar-refractivity contribution in [2.24, 2.45) is 13.0 Å². The molecule has 5 heteroatoms. The Bertz CT molecular complexity index is 645. The second-order valence-electron chi connectivity index (χ2n) is 4.92. The molecule has 0 aliphatic carbocycles. The highest BCUT2D eigenvalue weighted by Crippen LogP contribution is 2.33. The van der Waals surface area contributed by atoms with E-state index < -0.39 is 6.10 Å². The maximum atomic E-state index is 10.3. The summed E-state index contributed by atoms with van der Waals surface area (Å²) in [6.07, 6.45) is 3.30. The van der Waals surface area contributed by atoms with E-state index in [1.807, 2.05) is 19.3 Å². The van der Waals surface area contributed by atoms with Gasteiger partial charge in [0.05, 0.1) is 18.4 Å². The lowest BCUT2D eigenvalue weighted by Crippen LogP contribution is -2.04. The number of nitrogens with zero attached hydrogens (tertiary/aromatic N) is 3. The van der Waals surface area contributed by atoms with E-state index in [4.69, 9.17) is 16.9 Å². The first-order chi connectivity index (χ1) is 9.51. The van der Waals surface area contributed by atoms with E-state index >= 15 is 0 Å². The van der Waals surface area contributed by atoms with Crippen molar-refractivity contribution in [1.82, 2.24) is 9.78 Å². The van der Waals surface area contributed by atoms with Gasteiger partial charge < -0.3 is 5.11 Å². The Kier molecular flexibility index (Phi) is 4.43. The van der Waals surface area contributed by atoms with E-state index in [1.165, 1.54) is 0 Å². The van der Waals surface area contributed by atoms with Gasteiger partial charge in [-0.15, -0.1) is 0 Å². The molecule has 0 radical (unpaired) electrons. The summed E-state index contributed by atoms with van der Waals surface area (Å²) in [7, 11) is 1.84. The zero-order valence-corrected chi connectivity index (χ0v) is 12.2. The van der Waals surface area contributed by atoms with Gasteiger partial charge >= 0.3 is 0 Å². The van der Waals surface area contributed by atoms with Crippen molar-refractivity contribution in [1.29, 1.82) is 5.26 Å². The molecule has 2 aromatic rings. The quantitative estimate of drug-likeness (QED) is 0.939. The Balaban J connectivity index is 2.41. The Morgan fingerprint density at radius 1 is 1.50 bits per heavy atom. The van der Waals surface area contributed by atoms with Gasteiger partial charge in [-0.1, -0.05) is 17.7 Å². The molecule has 0 aliphatic rings. The Hall–Kier alpha value is -1.83. The van der Waals surface area contributed by atoms with Crippen LogP contribution in [0.1, 0.15) is 25.0 Å². The number of aryl methyl sites for hydroxylation is 1. The summed E-state index contributed by atoms with van der Waals surface area (Å²) in [6.45, 7) is 1.79. The smallest absolute Gasteiger partial charge is 0.0808 e. The molecule has 0 saturated carbocycles. The second kappa shape index (κ2) is 6.08. The monoisotopic (exact) mass is 289 g/mol. The Morgan fingerprint density at radius 3 is 2.85 bits per heavy atom. The first-order valence-electron chi connectivity index (χ1n) is 6.37. The fourth-order valence-corrected chi connectivity index (χ4v) is 2.32. The van der Waals surface area contributed by atoms with Gasteiger partial charge in [0.25, 0.3) is 0 Å². The molecular weight excluding hydrogens is 274 g/mol. The van der Waals surface area contributed by atoms with Crippen LogP contribution in [0.15, 0.2) is 30.6 Å². The fourth-order valence-electron chi connectivity index (χ4n) is 2.14. The SMILES string of the molecule is C[C@H](C#N)C[C@H](O)c1ccc(Cl)cc1-c1cnn(C)c1. The number of hydrogen-bond donors (Lipinski definition) is 1. The van der Waals surface area contributed by atoms with Crippen molar-refractivity contribution in [2.45, 2.75) is 19.4 Å². The maximum Gasteiger partial charge on any atom is 0.0808 e. The highest BCUT2D eigenvalue weighted by Gasteiger charge is 2.17. The van der Waals surface area contributed by atoms with Crippen LogP contribution >= 0.6 is 11.6 Å². The van der Waals surface area contributed by atoms with Crippen LogP contribution in [0.2, 0.25) is 5.02 Å². The van der Waals surface area contributed by atoms with E-state index in [-0.39, 0.29) is 5.92 Å². The molecular formula is C15H16ClN3O. The van der Waals surface area contributed by atoms with E-state index in [9.17, 15) is 5.11 Å². The third-order valence-electron chi connectivity index (χ3n) is 3.19. The molecule has 104 valence electrons. The van der Waals surface area contributed by atoms with Crippen LogP contribution in [0, 0.1) is 17.2 Å². The second-order valence-corrected chi connectivity index (χ2v) is 5.35. The topological polar surface area (TPSA) is 61.8 Å². The minimum absolute atomic E-state index is 0.206. The predicted octanol–water partition coefficient (Wildman–Crippen LogP) is 3.32.